The fraction of sp³-hybridized carbons (Fsp3) is 0.514. The van der Waals surface area contributed by atoms with Gasteiger partial charge in [0, 0.05) is 28.7 Å². The molecule has 0 bridgehead atoms. The Morgan fingerprint density at radius 2 is 0.736 bits per heavy atom. The van der Waals surface area contributed by atoms with Crippen molar-refractivity contribution in [3.63, 3.8) is 0 Å². The molecule has 6 aliphatic carbocycles. The predicted molar refractivity (Wildman–Crippen MR) is 551 cm³/mol. The number of carboxylic acids is 2. The molecule has 0 amide bonds. The number of H-pyrrole nitrogens is 2. The lowest BCUT2D eigenvalue weighted by Crippen LogP contribution is -2.41. The Balaban J connectivity index is 0.000000154. The first kappa shape index (κ1) is 115. The monoisotopic (exact) mass is 2120 g/mol. The lowest BCUT2D eigenvalue weighted by molar-refractivity contribution is -0.192. The maximum absolute atomic E-state index is 12.4. The van der Waals surface area contributed by atoms with E-state index in [4.69, 9.17) is 99.8 Å². The van der Waals surface area contributed by atoms with E-state index in [1.165, 1.54) is 103 Å². The number of esters is 2. The Morgan fingerprint density at radius 3 is 1.10 bits per heavy atom. The van der Waals surface area contributed by atoms with Crippen molar-refractivity contribution in [1.82, 2.24) is 45.8 Å². The molecule has 3 aromatic heterocycles. The smallest absolute Gasteiger partial charge is 0.494 e. The highest BCUT2D eigenvalue weighted by atomic mass is 79.9. The topological polar surface area (TPSA) is 409 Å². The average molecular weight is 2120 g/mol. The molecule has 798 valence electrons. The van der Waals surface area contributed by atoms with Crippen LogP contribution in [0.25, 0.3) is 0 Å². The van der Waals surface area contributed by atoms with Gasteiger partial charge in [-0.05, 0) is 353 Å². The number of halogens is 4. The number of aliphatic carboxylic acids is 1. The van der Waals surface area contributed by atoms with Crippen LogP contribution in [0.1, 0.15) is 288 Å². The number of methoxy groups -OCH3 is 1. The molecule has 41 heteroatoms. The van der Waals surface area contributed by atoms with Gasteiger partial charge in [0.15, 0.2) is 0 Å². The minimum atomic E-state index is -5.08. The van der Waals surface area contributed by atoms with E-state index >= 15 is 0 Å². The number of carboxylic acid groups (broad SMARTS) is 2. The summed E-state index contributed by atoms with van der Waals surface area (Å²) in [5.41, 5.74) is -0.127. The van der Waals surface area contributed by atoms with Gasteiger partial charge in [-0.15, -0.1) is 5.10 Å². The van der Waals surface area contributed by atoms with Crippen LogP contribution in [0.15, 0.2) is 174 Å². The van der Waals surface area contributed by atoms with Crippen molar-refractivity contribution in [2.75, 3.05) is 20.3 Å². The lowest BCUT2D eigenvalue weighted by atomic mass is 9.49. The molecular formula is C107H138B3BrF3N9O25. The van der Waals surface area contributed by atoms with Crippen molar-refractivity contribution in [1.29, 1.82) is 0 Å². The molecule has 9 aliphatic rings. The first-order valence-electron chi connectivity index (χ1n) is 50.8. The first-order valence-corrected chi connectivity index (χ1v) is 51.6. The molecule has 6 saturated carbocycles. The molecule has 19 rings (SSSR count). The number of aromatic amines is 2. The first-order chi connectivity index (χ1) is 70.5. The van der Waals surface area contributed by atoms with Gasteiger partial charge in [0.05, 0.1) is 97.1 Å². The van der Waals surface area contributed by atoms with E-state index in [1.807, 2.05) is 165 Å². The summed E-state index contributed by atoms with van der Waals surface area (Å²) >= 11 is 3.43. The number of aromatic hydroxyl groups is 1. The van der Waals surface area contributed by atoms with Crippen LogP contribution in [-0.4, -0.2) is 203 Å². The molecule has 0 unspecified atom stereocenters. The van der Waals surface area contributed by atoms with Crippen LogP contribution in [0.4, 0.5) is 13.2 Å². The molecule has 6 heterocycles. The second-order valence-electron chi connectivity index (χ2n) is 40.0. The fourth-order valence-corrected chi connectivity index (χ4v) is 17.3. The number of nitrogens with zero attached hydrogens (tertiary/aromatic N) is 7. The highest BCUT2D eigenvalue weighted by Gasteiger charge is 2.64. The normalized spacial score (nSPS) is 18.4. The number of alkyl halides is 3. The van der Waals surface area contributed by atoms with Gasteiger partial charge < -0.3 is 100 Å². The minimum Gasteiger partial charge on any atom is -0.508 e. The number of aromatic nitrogens is 9. The van der Waals surface area contributed by atoms with Crippen LogP contribution >= 0.6 is 15.9 Å². The third-order valence-electron chi connectivity index (χ3n) is 27.1. The van der Waals surface area contributed by atoms with Crippen LogP contribution in [0.2, 0.25) is 0 Å². The maximum atomic E-state index is 12.4. The lowest BCUT2D eigenvalue weighted by Gasteiger charge is -2.32. The summed E-state index contributed by atoms with van der Waals surface area (Å²) in [4.78, 5) is 44.1. The molecule has 0 spiro atoms. The highest BCUT2D eigenvalue weighted by molar-refractivity contribution is 9.10. The molecule has 148 heavy (non-hydrogen) atoms. The molecule has 3 aliphatic heterocycles. The van der Waals surface area contributed by atoms with Crippen LogP contribution in [-0.2, 0) is 48.7 Å². The quantitative estimate of drug-likeness (QED) is 0.0225. The van der Waals surface area contributed by atoms with E-state index in [9.17, 15) is 32.7 Å². The Bertz CT molecular complexity index is 5720. The molecule has 9 fully saturated rings. The summed E-state index contributed by atoms with van der Waals surface area (Å²) in [6.07, 6.45) is 25.3. The van der Waals surface area contributed by atoms with Crippen LogP contribution in [0.5, 0.6) is 80.9 Å². The van der Waals surface area contributed by atoms with Crippen molar-refractivity contribution >= 4 is 66.4 Å². The summed E-state index contributed by atoms with van der Waals surface area (Å²) in [6.45, 7) is 28.8. The summed E-state index contributed by atoms with van der Waals surface area (Å²) in [6, 6.07) is 52.5. The van der Waals surface area contributed by atoms with Crippen molar-refractivity contribution in [3.05, 3.63) is 197 Å². The van der Waals surface area contributed by atoms with E-state index in [0.29, 0.717) is 47.9 Å². The number of carbonyl (C=O) groups excluding carboxylic acids is 2. The summed E-state index contributed by atoms with van der Waals surface area (Å²) in [5.74, 6) is 2.61. The standard InChI is InChI=1S/C24H27N3O5.C17H25BO3.C16H19N3O4.C14H15N3O4.C12H24B2O4.C11H13BrO.C11H14O2.C2HF3O2/c1-3-30-24(28)22-23(27(26-25-22)16-17-11-13-18(29-2)14-12-17)32-21-10-6-9-20(15-21)31-19-7-4-5-8-19;1-16(2)17(3,4)21-18(20-16)13-8-7-11-15(12-13)19-14-9-5-6-10-14;1-2-21-16(20)14-15(18-19-17-14)23-13-9-5-8-12(10-13)22-11-6-3-4-7-11;18-14(19)12-13(16-17-15-12)21-11-7-3-6-10(8-11)20-9-4-1-2-5-9;1-9(2)10(3,4)16-13(15-9)14-17-11(5,6)12(7,8)18-14;2*12-9-4-3-7-11(8-9)13-10-5-1-2-6-10;3-2(4,5)1(6)7/h6,9-15,19H,3-5,7-8,16H2,1-2H3;7-8,11-12,14H,5-6,9-10H2,1-4H3;5,8-11H,2-4,6-7H2,1H3,(H,17,18,19);3,6-9H,1-2,4-5H2,(H,18,19)(H,15,16,17);1-8H3;3-4,7-8,10H,1-2,5-6H2;3-4,7-8,10,12H,1-2,5-6H2;(H,6,7). The summed E-state index contributed by atoms with van der Waals surface area (Å²) in [5, 5.41) is 52.7. The summed E-state index contributed by atoms with van der Waals surface area (Å²) in [7, 11) is 0.350. The van der Waals surface area contributed by atoms with Gasteiger partial charge in [-0.1, -0.05) is 96.4 Å². The zero-order chi connectivity index (χ0) is 106. The number of phenolic OH excluding ortho intramolecular Hbond substituents is 1. The number of aromatic carboxylic acids is 1. The summed E-state index contributed by atoms with van der Waals surface area (Å²) < 4.78 is 138. The number of hydrogen-bond acceptors (Lipinski definition) is 29. The van der Waals surface area contributed by atoms with Gasteiger partial charge in [0.25, 0.3) is 17.6 Å². The highest BCUT2D eigenvalue weighted by Crippen LogP contribution is 2.45. The Labute approximate surface area is 872 Å². The van der Waals surface area contributed by atoms with E-state index in [-0.39, 0.29) is 113 Å². The molecule has 5 N–H and O–H groups in total. The molecule has 0 atom stereocenters. The molecule has 7 aromatic carbocycles. The van der Waals surface area contributed by atoms with Crippen LogP contribution in [0, 0.1) is 0 Å². The predicted octanol–water partition coefficient (Wildman–Crippen LogP) is 23.0. The average Bonchev–Trinajstić information content (AvgIpc) is 1.57. The molecule has 0 radical (unpaired) electrons. The molecule has 3 saturated heterocycles. The number of nitrogens with one attached hydrogen (secondary N) is 2. The molecule has 34 nitrogen and oxygen atoms in total. The van der Waals surface area contributed by atoms with Crippen molar-refractivity contribution in [2.45, 2.75) is 334 Å². The number of benzene rings is 7. The largest absolute Gasteiger partial charge is 0.508 e. The zero-order valence-electron chi connectivity index (χ0n) is 86.9. The SMILES string of the molecule is Brc1cccc(OC2CCCC2)c1.CC1(C)OB(B2OC(C)(C)C(C)(C)O2)OC1(C)C.CC1(C)OB(c2cccc(OC3CCCC3)c2)OC1(C)C.CCOC(=O)c1[nH]nnc1Oc1cccc(OC2CCCC2)c1.CCOC(=O)c1nnn(Cc2ccc(OC)cc2)c1Oc1cccc(OC2CCCC2)c1.O=C(O)C(F)(F)F.O=C(O)c1[nH]nnc1Oc1cccc(OC2CCCC2)c1.Oc1cccc(OC2CCCC2)c1. The number of hydrogen-bond donors (Lipinski definition) is 5. The zero-order valence-corrected chi connectivity index (χ0v) is 88.5. The fourth-order valence-electron chi connectivity index (χ4n) is 17.0. The second kappa shape index (κ2) is 53.3. The van der Waals surface area contributed by atoms with Gasteiger partial charge in [0.2, 0.25) is 17.1 Å². The van der Waals surface area contributed by atoms with Gasteiger partial charge in [-0.2, -0.15) is 13.2 Å². The van der Waals surface area contributed by atoms with Gasteiger partial charge in [-0.25, -0.2) is 34.1 Å². The van der Waals surface area contributed by atoms with Crippen molar-refractivity contribution < 1.29 is 132 Å². The maximum Gasteiger partial charge on any atom is 0.494 e. The number of phenols is 1. The molecule has 10 aromatic rings. The Hall–Kier alpha value is -12.1. The van der Waals surface area contributed by atoms with E-state index in [1.54, 1.807) is 80.2 Å². The van der Waals surface area contributed by atoms with E-state index in [0.717, 1.165) is 101 Å². The van der Waals surface area contributed by atoms with Crippen molar-refractivity contribution in [2.24, 2.45) is 0 Å². The second-order valence-corrected chi connectivity index (χ2v) is 40.9. The van der Waals surface area contributed by atoms with Gasteiger partial charge in [-0.3, -0.25) is 0 Å². The van der Waals surface area contributed by atoms with E-state index < -0.39 is 44.1 Å². The Morgan fingerprint density at radius 1 is 0.412 bits per heavy atom. The number of ether oxygens (including phenoxy) is 12. The molecular weight excluding hydrogens is 1980 g/mol. The van der Waals surface area contributed by atoms with E-state index in [2.05, 4.69) is 90.8 Å². The Kier molecular flexibility index (Phi) is 41.3. The minimum absolute atomic E-state index is 0.0301. The number of carbonyl (C=O) groups is 4. The number of rotatable bonds is 28. The van der Waals surface area contributed by atoms with Crippen molar-refractivity contribution in [3.8, 4) is 80.9 Å². The van der Waals surface area contributed by atoms with Gasteiger partial charge in [0.1, 0.15) is 63.2 Å². The van der Waals surface area contributed by atoms with Gasteiger partial charge >= 0.3 is 51.2 Å². The third-order valence-corrected chi connectivity index (χ3v) is 27.6. The third kappa shape index (κ3) is 33.9. The van der Waals surface area contributed by atoms with Crippen LogP contribution in [0.3, 0.4) is 0 Å². The van der Waals surface area contributed by atoms with Crippen LogP contribution < -0.4 is 52.8 Å².